The minimum absolute atomic E-state index is 0.127. The van der Waals surface area contributed by atoms with E-state index >= 15 is 0 Å². The van der Waals surface area contributed by atoms with Gasteiger partial charge in [-0.25, -0.2) is 4.79 Å². The second-order valence-corrected chi connectivity index (χ2v) is 8.63. The summed E-state index contributed by atoms with van der Waals surface area (Å²) in [7, 11) is 0. The molecule has 0 atom stereocenters. The first kappa shape index (κ1) is 20.7. The van der Waals surface area contributed by atoms with E-state index in [1.165, 1.54) is 17.0 Å². The third kappa shape index (κ3) is 3.89. The molecular weight excluding hydrogens is 465 g/mol. The maximum absolute atomic E-state index is 12.9. The second kappa shape index (κ2) is 8.28. The van der Waals surface area contributed by atoms with Gasteiger partial charge in [0.05, 0.1) is 26.2 Å². The Morgan fingerprint density at radius 2 is 1.83 bits per heavy atom. The van der Waals surface area contributed by atoms with Crippen LogP contribution in [-0.2, 0) is 4.79 Å². The van der Waals surface area contributed by atoms with E-state index in [9.17, 15) is 9.59 Å². The number of carbonyl (C=O) groups excluding carboxylic acids is 1. The molecule has 0 radical (unpaired) electrons. The Hall–Kier alpha value is -2.58. The maximum atomic E-state index is 12.9. The molecular formula is C21H11Cl2NO4S2. The molecule has 1 aliphatic rings. The molecule has 0 unspecified atom stereocenters. The second-order valence-electron chi connectivity index (χ2n) is 6.17. The Labute approximate surface area is 190 Å². The highest BCUT2D eigenvalue weighted by atomic mass is 35.5. The number of hydrogen-bond donors (Lipinski definition) is 1. The molecule has 9 heteroatoms. The highest BCUT2D eigenvalue weighted by molar-refractivity contribution is 8.27. The number of anilines is 1. The quantitative estimate of drug-likeness (QED) is 0.349. The summed E-state index contributed by atoms with van der Waals surface area (Å²) in [5.74, 6) is -0.372. The van der Waals surface area contributed by atoms with Crippen molar-refractivity contribution < 1.29 is 19.1 Å². The number of carbonyl (C=O) groups is 2. The van der Waals surface area contributed by atoms with Crippen LogP contribution in [0.15, 0.2) is 63.9 Å². The molecule has 0 bridgehead atoms. The van der Waals surface area contributed by atoms with E-state index in [4.69, 9.17) is 44.9 Å². The molecule has 0 saturated carbocycles. The maximum Gasteiger partial charge on any atom is 0.335 e. The van der Waals surface area contributed by atoms with Gasteiger partial charge in [-0.2, -0.15) is 0 Å². The van der Waals surface area contributed by atoms with Gasteiger partial charge in [0, 0.05) is 11.6 Å². The zero-order valence-corrected chi connectivity index (χ0v) is 18.1. The molecule has 2 heterocycles. The van der Waals surface area contributed by atoms with Gasteiger partial charge in [0.2, 0.25) is 0 Å². The average Bonchev–Trinajstić information content (AvgIpc) is 3.28. The van der Waals surface area contributed by atoms with Crippen LogP contribution in [0.4, 0.5) is 5.69 Å². The SMILES string of the molecule is O=C(O)c1ccc(N2C(=O)C(=Cc3ccc(-c4cccc(Cl)c4Cl)o3)SC2=S)cc1. The molecule has 4 rings (SSSR count). The van der Waals surface area contributed by atoms with Gasteiger partial charge in [-0.1, -0.05) is 53.2 Å². The summed E-state index contributed by atoms with van der Waals surface area (Å²) in [5, 5.41) is 9.83. The molecule has 1 aromatic heterocycles. The van der Waals surface area contributed by atoms with Gasteiger partial charge < -0.3 is 9.52 Å². The van der Waals surface area contributed by atoms with Crippen LogP contribution in [0.1, 0.15) is 16.1 Å². The average molecular weight is 476 g/mol. The van der Waals surface area contributed by atoms with E-state index in [0.717, 1.165) is 11.8 Å². The van der Waals surface area contributed by atoms with Gasteiger partial charge in [0.1, 0.15) is 11.5 Å². The number of halogens is 2. The van der Waals surface area contributed by atoms with Crippen molar-refractivity contribution in [3.8, 4) is 11.3 Å². The standard InChI is InChI=1S/C21H11Cl2NO4S2/c22-15-3-1-2-14(18(15)23)16-9-8-13(28-16)10-17-19(25)24(21(29)30-17)12-6-4-11(5-7-12)20(26)27/h1-10H,(H,26,27). The Kier molecular flexibility index (Phi) is 5.71. The highest BCUT2D eigenvalue weighted by Gasteiger charge is 2.33. The first-order valence-electron chi connectivity index (χ1n) is 8.50. The molecule has 150 valence electrons. The molecule has 1 fully saturated rings. The number of hydrogen-bond acceptors (Lipinski definition) is 5. The minimum atomic E-state index is -1.04. The van der Waals surface area contributed by atoms with Gasteiger partial charge in [-0.15, -0.1) is 0 Å². The fraction of sp³-hybridized carbons (Fsp3) is 0. The first-order chi connectivity index (χ1) is 14.3. The summed E-state index contributed by atoms with van der Waals surface area (Å²) in [6.07, 6.45) is 1.60. The Bertz CT molecular complexity index is 1220. The number of rotatable bonds is 4. The van der Waals surface area contributed by atoms with E-state index in [2.05, 4.69) is 0 Å². The van der Waals surface area contributed by atoms with Crippen LogP contribution in [-0.4, -0.2) is 21.3 Å². The number of thioether (sulfide) groups is 1. The van der Waals surface area contributed by atoms with E-state index in [0.29, 0.717) is 42.0 Å². The predicted molar refractivity (Wildman–Crippen MR) is 123 cm³/mol. The fourth-order valence-corrected chi connectivity index (χ4v) is 4.51. The lowest BCUT2D eigenvalue weighted by atomic mass is 10.2. The highest BCUT2D eigenvalue weighted by Crippen LogP contribution is 2.38. The van der Waals surface area contributed by atoms with E-state index in [1.54, 1.807) is 48.5 Å². The molecule has 0 spiro atoms. The number of furan rings is 1. The number of aromatic carboxylic acids is 1. The lowest BCUT2D eigenvalue weighted by Crippen LogP contribution is -2.27. The molecule has 0 aliphatic carbocycles. The number of carboxylic acid groups (broad SMARTS) is 1. The number of amides is 1. The van der Waals surface area contributed by atoms with Crippen molar-refractivity contribution in [1.82, 2.24) is 0 Å². The van der Waals surface area contributed by atoms with Gasteiger partial charge in [-0.05, 0) is 48.5 Å². The third-order valence-corrected chi connectivity index (χ3v) is 6.40. The Balaban J connectivity index is 1.60. The molecule has 2 aromatic carbocycles. The van der Waals surface area contributed by atoms with Crippen molar-refractivity contribution in [3.05, 3.63) is 80.9 Å². The number of nitrogens with zero attached hydrogens (tertiary/aromatic N) is 1. The molecule has 5 nitrogen and oxygen atoms in total. The summed E-state index contributed by atoms with van der Waals surface area (Å²) in [5.41, 5.74) is 1.27. The zero-order valence-electron chi connectivity index (χ0n) is 15.0. The molecule has 1 aliphatic heterocycles. The lowest BCUT2D eigenvalue weighted by molar-refractivity contribution is -0.113. The van der Waals surface area contributed by atoms with Crippen molar-refractivity contribution in [1.29, 1.82) is 0 Å². The van der Waals surface area contributed by atoms with Gasteiger partial charge in [0.25, 0.3) is 5.91 Å². The largest absolute Gasteiger partial charge is 0.478 e. The van der Waals surface area contributed by atoms with Crippen LogP contribution in [0.5, 0.6) is 0 Å². The zero-order chi connectivity index (χ0) is 21.4. The summed E-state index contributed by atoms with van der Waals surface area (Å²) < 4.78 is 6.17. The summed E-state index contributed by atoms with van der Waals surface area (Å²) in [6, 6.07) is 14.7. The number of benzene rings is 2. The predicted octanol–water partition coefficient (Wildman–Crippen LogP) is 6.36. The van der Waals surface area contributed by atoms with Crippen LogP contribution in [0.3, 0.4) is 0 Å². The van der Waals surface area contributed by atoms with Crippen molar-refractivity contribution >= 4 is 75.1 Å². The molecule has 3 aromatic rings. The molecule has 1 N–H and O–H groups in total. The van der Waals surface area contributed by atoms with Gasteiger partial charge in [0.15, 0.2) is 4.32 Å². The third-order valence-electron chi connectivity index (χ3n) is 4.28. The van der Waals surface area contributed by atoms with E-state index < -0.39 is 5.97 Å². The topological polar surface area (TPSA) is 70.8 Å². The van der Waals surface area contributed by atoms with Crippen LogP contribution in [0.2, 0.25) is 10.0 Å². The van der Waals surface area contributed by atoms with E-state index in [1.807, 2.05) is 0 Å². The van der Waals surface area contributed by atoms with Crippen LogP contribution < -0.4 is 4.90 Å². The summed E-state index contributed by atoms with van der Waals surface area (Å²) in [4.78, 5) is 25.6. The Morgan fingerprint density at radius 3 is 2.53 bits per heavy atom. The minimum Gasteiger partial charge on any atom is -0.478 e. The summed E-state index contributed by atoms with van der Waals surface area (Å²) in [6.45, 7) is 0. The van der Waals surface area contributed by atoms with E-state index in [-0.39, 0.29) is 11.5 Å². The monoisotopic (exact) mass is 475 g/mol. The molecule has 1 amide bonds. The van der Waals surface area contributed by atoms with Crippen LogP contribution >= 0.6 is 47.2 Å². The molecule has 30 heavy (non-hydrogen) atoms. The fourth-order valence-electron chi connectivity index (χ4n) is 2.84. The van der Waals surface area contributed by atoms with Crippen molar-refractivity contribution in [3.63, 3.8) is 0 Å². The molecule has 1 saturated heterocycles. The van der Waals surface area contributed by atoms with Gasteiger partial charge >= 0.3 is 5.97 Å². The van der Waals surface area contributed by atoms with Crippen LogP contribution in [0, 0.1) is 0 Å². The number of carboxylic acids is 1. The Morgan fingerprint density at radius 1 is 1.10 bits per heavy atom. The normalized spacial score (nSPS) is 15.3. The van der Waals surface area contributed by atoms with Gasteiger partial charge in [-0.3, -0.25) is 9.69 Å². The van der Waals surface area contributed by atoms with Crippen LogP contribution in [0.25, 0.3) is 17.4 Å². The smallest absolute Gasteiger partial charge is 0.335 e. The number of thiocarbonyl (C=S) groups is 1. The summed E-state index contributed by atoms with van der Waals surface area (Å²) >= 11 is 18.8. The first-order valence-corrected chi connectivity index (χ1v) is 10.5. The van der Waals surface area contributed by atoms with Crippen molar-refractivity contribution in [2.45, 2.75) is 0 Å². The van der Waals surface area contributed by atoms with Crippen molar-refractivity contribution in [2.24, 2.45) is 0 Å². The lowest BCUT2D eigenvalue weighted by Gasteiger charge is -2.14. The van der Waals surface area contributed by atoms with Crippen molar-refractivity contribution in [2.75, 3.05) is 4.90 Å².